The van der Waals surface area contributed by atoms with Gasteiger partial charge < -0.3 is 15.0 Å². The van der Waals surface area contributed by atoms with Crippen molar-refractivity contribution in [3.05, 3.63) is 23.6 Å². The molecule has 114 valence electrons. The third-order valence-electron chi connectivity index (χ3n) is 4.35. The lowest BCUT2D eigenvalue weighted by Gasteiger charge is -2.43. The van der Waals surface area contributed by atoms with Gasteiger partial charge in [-0.25, -0.2) is 9.37 Å². The van der Waals surface area contributed by atoms with Crippen molar-refractivity contribution in [3.63, 3.8) is 0 Å². The number of nitrogens with zero attached hydrogens (tertiary/aromatic N) is 2. The summed E-state index contributed by atoms with van der Waals surface area (Å²) in [6.07, 6.45) is 5.70. The summed E-state index contributed by atoms with van der Waals surface area (Å²) < 4.78 is 20.1. The Balaban J connectivity index is 1.87. The van der Waals surface area contributed by atoms with Crippen molar-refractivity contribution >= 4 is 11.7 Å². The summed E-state index contributed by atoms with van der Waals surface area (Å²) >= 11 is 0. The Bertz CT molecular complexity index is 536. The number of aromatic nitrogens is 1. The molecule has 1 amide bonds. The van der Waals surface area contributed by atoms with Crippen LogP contribution in [0.1, 0.15) is 36.0 Å². The van der Waals surface area contributed by atoms with Crippen molar-refractivity contribution in [2.75, 3.05) is 25.5 Å². The van der Waals surface area contributed by atoms with Crippen LogP contribution in [0, 0.1) is 5.82 Å². The molecule has 1 aliphatic carbocycles. The first kappa shape index (κ1) is 14.3. The van der Waals surface area contributed by atoms with Crippen LogP contribution in [0.2, 0.25) is 0 Å². The summed E-state index contributed by atoms with van der Waals surface area (Å²) in [5, 5.41) is 2.67. The molecule has 1 aromatic heterocycles. The van der Waals surface area contributed by atoms with E-state index in [4.69, 9.17) is 4.74 Å². The molecule has 2 unspecified atom stereocenters. The lowest BCUT2D eigenvalue weighted by Crippen LogP contribution is -2.55. The number of fused-ring (bicyclic) bond motifs is 1. The SMILES string of the molecule is CNc1nccc(C(=O)N2CCOC3CCCCC32)c1F. The summed E-state index contributed by atoms with van der Waals surface area (Å²) in [6, 6.07) is 1.52. The molecule has 2 atom stereocenters. The summed E-state index contributed by atoms with van der Waals surface area (Å²) in [6.45, 7) is 1.05. The molecule has 0 radical (unpaired) electrons. The van der Waals surface area contributed by atoms with Crippen LogP contribution in [0.3, 0.4) is 0 Å². The Labute approximate surface area is 123 Å². The lowest BCUT2D eigenvalue weighted by atomic mass is 9.89. The third-order valence-corrected chi connectivity index (χ3v) is 4.35. The highest BCUT2D eigenvalue weighted by Crippen LogP contribution is 2.30. The first-order chi connectivity index (χ1) is 10.2. The topological polar surface area (TPSA) is 54.5 Å². The molecule has 1 aliphatic heterocycles. The second kappa shape index (κ2) is 5.97. The van der Waals surface area contributed by atoms with Gasteiger partial charge in [0.25, 0.3) is 5.91 Å². The second-order valence-corrected chi connectivity index (χ2v) is 5.53. The minimum absolute atomic E-state index is 0.0746. The van der Waals surface area contributed by atoms with E-state index in [9.17, 15) is 9.18 Å². The average molecular weight is 293 g/mol. The number of anilines is 1. The number of pyridine rings is 1. The highest BCUT2D eigenvalue weighted by atomic mass is 19.1. The number of carbonyl (C=O) groups is 1. The van der Waals surface area contributed by atoms with Gasteiger partial charge in [-0.2, -0.15) is 0 Å². The predicted molar refractivity (Wildman–Crippen MR) is 76.8 cm³/mol. The lowest BCUT2D eigenvalue weighted by molar-refractivity contribution is -0.0753. The van der Waals surface area contributed by atoms with Crippen molar-refractivity contribution in [1.82, 2.24) is 9.88 Å². The van der Waals surface area contributed by atoms with Gasteiger partial charge in [0.1, 0.15) is 0 Å². The second-order valence-electron chi connectivity index (χ2n) is 5.53. The van der Waals surface area contributed by atoms with Crippen LogP contribution in [0.25, 0.3) is 0 Å². The fourth-order valence-electron chi connectivity index (χ4n) is 3.29. The number of hydrogen-bond donors (Lipinski definition) is 1. The Morgan fingerprint density at radius 2 is 2.29 bits per heavy atom. The smallest absolute Gasteiger partial charge is 0.257 e. The summed E-state index contributed by atoms with van der Waals surface area (Å²) in [7, 11) is 1.59. The van der Waals surface area contributed by atoms with Gasteiger partial charge in [0.05, 0.1) is 24.3 Å². The quantitative estimate of drug-likeness (QED) is 0.906. The van der Waals surface area contributed by atoms with E-state index in [1.807, 2.05) is 0 Å². The number of carbonyl (C=O) groups excluding carboxylic acids is 1. The van der Waals surface area contributed by atoms with Gasteiger partial charge in [0.2, 0.25) is 0 Å². The summed E-state index contributed by atoms with van der Waals surface area (Å²) in [5.41, 5.74) is 0.0839. The fourth-order valence-corrected chi connectivity index (χ4v) is 3.29. The Morgan fingerprint density at radius 1 is 1.48 bits per heavy atom. The standard InChI is InChI=1S/C15H20FN3O2/c1-17-14-13(16)10(6-7-18-14)15(20)19-8-9-21-12-5-3-2-4-11(12)19/h6-7,11-12H,2-5,8-9H2,1H3,(H,17,18). The van der Waals surface area contributed by atoms with E-state index in [-0.39, 0.29) is 29.4 Å². The molecule has 5 nitrogen and oxygen atoms in total. The minimum Gasteiger partial charge on any atom is -0.374 e. The van der Waals surface area contributed by atoms with Gasteiger partial charge in [-0.3, -0.25) is 4.79 Å². The maximum Gasteiger partial charge on any atom is 0.257 e. The van der Waals surface area contributed by atoms with E-state index in [0.29, 0.717) is 13.2 Å². The molecule has 0 aromatic carbocycles. The highest BCUT2D eigenvalue weighted by molar-refractivity contribution is 5.95. The van der Waals surface area contributed by atoms with E-state index >= 15 is 0 Å². The number of hydrogen-bond acceptors (Lipinski definition) is 4. The molecule has 6 heteroatoms. The molecular weight excluding hydrogens is 273 g/mol. The zero-order chi connectivity index (χ0) is 14.8. The molecule has 1 saturated carbocycles. The molecule has 1 saturated heterocycles. The van der Waals surface area contributed by atoms with E-state index < -0.39 is 5.82 Å². The van der Waals surface area contributed by atoms with Crippen molar-refractivity contribution in [2.24, 2.45) is 0 Å². The maximum absolute atomic E-state index is 14.3. The number of morpholine rings is 1. The predicted octanol–water partition coefficient (Wildman–Crippen LogP) is 2.05. The van der Waals surface area contributed by atoms with Crippen LogP contribution in [0.4, 0.5) is 10.2 Å². The Morgan fingerprint density at radius 3 is 3.10 bits per heavy atom. The Hall–Kier alpha value is -1.69. The Kier molecular flexibility index (Phi) is 4.05. The summed E-state index contributed by atoms with van der Waals surface area (Å²) in [5.74, 6) is -0.732. The number of amides is 1. The number of halogens is 1. The first-order valence-electron chi connectivity index (χ1n) is 7.47. The van der Waals surface area contributed by atoms with E-state index in [0.717, 1.165) is 25.7 Å². The molecule has 0 spiro atoms. The maximum atomic E-state index is 14.3. The van der Waals surface area contributed by atoms with Crippen molar-refractivity contribution in [3.8, 4) is 0 Å². The van der Waals surface area contributed by atoms with E-state index in [1.165, 1.54) is 12.3 Å². The van der Waals surface area contributed by atoms with Gasteiger partial charge in [-0.1, -0.05) is 12.8 Å². The van der Waals surface area contributed by atoms with Crippen molar-refractivity contribution in [2.45, 2.75) is 37.8 Å². The minimum atomic E-state index is -0.580. The molecule has 2 fully saturated rings. The van der Waals surface area contributed by atoms with Crippen molar-refractivity contribution < 1.29 is 13.9 Å². The normalized spacial score (nSPS) is 25.3. The van der Waals surface area contributed by atoms with Crippen LogP contribution in [-0.4, -0.2) is 48.1 Å². The molecule has 3 rings (SSSR count). The van der Waals surface area contributed by atoms with Gasteiger partial charge in [0.15, 0.2) is 11.6 Å². The molecule has 0 bridgehead atoms. The number of nitrogens with one attached hydrogen (secondary N) is 1. The van der Waals surface area contributed by atoms with E-state index in [1.54, 1.807) is 11.9 Å². The van der Waals surface area contributed by atoms with Crippen LogP contribution >= 0.6 is 0 Å². The third kappa shape index (κ3) is 2.60. The van der Waals surface area contributed by atoms with E-state index in [2.05, 4.69) is 10.3 Å². The van der Waals surface area contributed by atoms with Crippen molar-refractivity contribution in [1.29, 1.82) is 0 Å². The highest BCUT2D eigenvalue weighted by Gasteiger charge is 2.37. The van der Waals surface area contributed by atoms with Crippen LogP contribution in [0.15, 0.2) is 12.3 Å². The monoisotopic (exact) mass is 293 g/mol. The van der Waals surface area contributed by atoms with Crippen LogP contribution < -0.4 is 5.32 Å². The first-order valence-corrected chi connectivity index (χ1v) is 7.47. The van der Waals surface area contributed by atoms with Gasteiger partial charge in [-0.05, 0) is 18.9 Å². The zero-order valence-electron chi connectivity index (χ0n) is 12.1. The average Bonchev–Trinajstić information content (AvgIpc) is 2.54. The molecule has 2 heterocycles. The number of ether oxygens (including phenoxy) is 1. The van der Waals surface area contributed by atoms with Crippen LogP contribution in [-0.2, 0) is 4.74 Å². The summed E-state index contributed by atoms with van der Waals surface area (Å²) in [4.78, 5) is 18.4. The molecule has 1 N–H and O–H groups in total. The van der Waals surface area contributed by atoms with Gasteiger partial charge >= 0.3 is 0 Å². The van der Waals surface area contributed by atoms with Gasteiger partial charge in [0, 0.05) is 19.8 Å². The molecule has 2 aliphatic rings. The molecule has 1 aromatic rings. The van der Waals surface area contributed by atoms with Crippen LogP contribution in [0.5, 0.6) is 0 Å². The fraction of sp³-hybridized carbons (Fsp3) is 0.600. The molecule has 21 heavy (non-hydrogen) atoms. The largest absolute Gasteiger partial charge is 0.374 e. The molecular formula is C15H20FN3O2. The number of rotatable bonds is 2. The zero-order valence-corrected chi connectivity index (χ0v) is 12.1. The van der Waals surface area contributed by atoms with Gasteiger partial charge in [-0.15, -0.1) is 0 Å².